The van der Waals surface area contributed by atoms with Gasteiger partial charge in [0, 0.05) is 29.9 Å². The minimum Gasteiger partial charge on any atom is -0.490 e. The predicted octanol–water partition coefficient (Wildman–Crippen LogP) is 3.15. The third-order valence-corrected chi connectivity index (χ3v) is 5.87. The standard InChI is InChI=1S/C25H26N2O5/c1-17-23(32-16-21-15-29-10-11-30-21)13-24(28)27-9-7-18-12-20(5-6-22(18)25(17)27)31-14-19-4-2-3-8-26-19/h2-6,8,12-13,21H,7,9-11,14-16H2,1H3. The molecule has 1 fully saturated rings. The van der Waals surface area contributed by atoms with E-state index in [0.29, 0.717) is 45.3 Å². The molecule has 7 heteroatoms. The molecule has 3 aromatic rings. The Hall–Kier alpha value is -3.16. The van der Waals surface area contributed by atoms with Crippen LogP contribution in [0.1, 0.15) is 16.8 Å². The first kappa shape index (κ1) is 20.7. The van der Waals surface area contributed by atoms with Gasteiger partial charge in [0.05, 0.1) is 31.2 Å². The highest BCUT2D eigenvalue weighted by Crippen LogP contribution is 2.36. The molecule has 1 aromatic carbocycles. The molecule has 1 atom stereocenters. The maximum atomic E-state index is 12.8. The van der Waals surface area contributed by atoms with Gasteiger partial charge in [-0.25, -0.2) is 0 Å². The van der Waals surface area contributed by atoms with E-state index in [1.54, 1.807) is 12.3 Å². The zero-order valence-corrected chi connectivity index (χ0v) is 18.1. The second-order valence-corrected chi connectivity index (χ2v) is 8.03. The van der Waals surface area contributed by atoms with Crippen LogP contribution in [0.4, 0.5) is 0 Å². The van der Waals surface area contributed by atoms with Crippen LogP contribution in [-0.2, 0) is 29.0 Å². The summed E-state index contributed by atoms with van der Waals surface area (Å²) in [4.78, 5) is 17.1. The van der Waals surface area contributed by atoms with Crippen molar-refractivity contribution in [1.29, 1.82) is 0 Å². The molecule has 0 bridgehead atoms. The largest absolute Gasteiger partial charge is 0.490 e. The normalized spacial score (nSPS) is 17.3. The third kappa shape index (κ3) is 4.26. The van der Waals surface area contributed by atoms with Gasteiger partial charge >= 0.3 is 0 Å². The average Bonchev–Trinajstić information content (AvgIpc) is 2.84. The summed E-state index contributed by atoms with van der Waals surface area (Å²) in [5.41, 5.74) is 4.89. The van der Waals surface area contributed by atoms with Crippen molar-refractivity contribution in [2.24, 2.45) is 0 Å². The van der Waals surface area contributed by atoms with Crippen molar-refractivity contribution in [1.82, 2.24) is 9.55 Å². The first-order chi connectivity index (χ1) is 15.7. The van der Waals surface area contributed by atoms with Crippen LogP contribution in [0.5, 0.6) is 11.5 Å². The zero-order chi connectivity index (χ0) is 21.9. The van der Waals surface area contributed by atoms with Gasteiger partial charge in [-0.15, -0.1) is 0 Å². The topological polar surface area (TPSA) is 71.8 Å². The summed E-state index contributed by atoms with van der Waals surface area (Å²) in [5, 5.41) is 0. The smallest absolute Gasteiger partial charge is 0.254 e. The van der Waals surface area contributed by atoms with E-state index in [-0.39, 0.29) is 11.7 Å². The lowest BCUT2D eigenvalue weighted by Crippen LogP contribution is -2.34. The van der Waals surface area contributed by atoms with Gasteiger partial charge in [0.15, 0.2) is 0 Å². The Kier molecular flexibility index (Phi) is 5.92. The minimum absolute atomic E-state index is 0.0532. The van der Waals surface area contributed by atoms with E-state index in [9.17, 15) is 4.79 Å². The first-order valence-electron chi connectivity index (χ1n) is 10.9. The molecule has 0 saturated carbocycles. The van der Waals surface area contributed by atoms with Gasteiger partial charge in [-0.1, -0.05) is 6.07 Å². The predicted molar refractivity (Wildman–Crippen MR) is 119 cm³/mol. The molecular weight excluding hydrogens is 408 g/mol. The molecule has 0 aliphatic carbocycles. The van der Waals surface area contributed by atoms with Crippen LogP contribution in [0.2, 0.25) is 0 Å². The molecular formula is C25H26N2O5. The molecule has 32 heavy (non-hydrogen) atoms. The summed E-state index contributed by atoms with van der Waals surface area (Å²) < 4.78 is 24.9. The van der Waals surface area contributed by atoms with Gasteiger partial charge in [0.25, 0.3) is 5.56 Å². The average molecular weight is 434 g/mol. The Bertz CT molecular complexity index is 1150. The number of fused-ring (bicyclic) bond motifs is 3. The van der Waals surface area contributed by atoms with Crippen molar-refractivity contribution in [3.05, 3.63) is 75.8 Å². The fraction of sp³-hybridized carbons (Fsp3) is 0.360. The van der Waals surface area contributed by atoms with Gasteiger partial charge in [-0.2, -0.15) is 0 Å². The molecule has 2 aromatic heterocycles. The monoisotopic (exact) mass is 434 g/mol. The van der Waals surface area contributed by atoms with Crippen molar-refractivity contribution >= 4 is 0 Å². The quantitative estimate of drug-likeness (QED) is 0.594. The molecule has 1 unspecified atom stereocenters. The van der Waals surface area contributed by atoms with Crippen LogP contribution in [0.3, 0.4) is 0 Å². The van der Waals surface area contributed by atoms with Gasteiger partial charge in [0.1, 0.15) is 30.8 Å². The summed E-state index contributed by atoms with van der Waals surface area (Å²) in [6, 6.07) is 13.4. The molecule has 0 amide bonds. The van der Waals surface area contributed by atoms with E-state index in [2.05, 4.69) is 11.1 Å². The van der Waals surface area contributed by atoms with E-state index in [1.165, 1.54) is 0 Å². The van der Waals surface area contributed by atoms with E-state index >= 15 is 0 Å². The lowest BCUT2D eigenvalue weighted by molar-refractivity contribution is -0.101. The number of aromatic nitrogens is 2. The van der Waals surface area contributed by atoms with Crippen molar-refractivity contribution in [2.75, 3.05) is 26.4 Å². The summed E-state index contributed by atoms with van der Waals surface area (Å²) in [7, 11) is 0. The van der Waals surface area contributed by atoms with Crippen LogP contribution in [0.15, 0.2) is 53.5 Å². The minimum atomic E-state index is -0.118. The molecule has 166 valence electrons. The summed E-state index contributed by atoms with van der Waals surface area (Å²) in [6.07, 6.45) is 2.42. The number of aryl methyl sites for hydroxylation is 1. The van der Waals surface area contributed by atoms with E-state index in [0.717, 1.165) is 40.2 Å². The highest BCUT2D eigenvalue weighted by Gasteiger charge is 2.23. The Balaban J connectivity index is 1.39. The van der Waals surface area contributed by atoms with Crippen LogP contribution in [-0.4, -0.2) is 42.1 Å². The Morgan fingerprint density at radius 1 is 1.16 bits per heavy atom. The Morgan fingerprint density at radius 3 is 2.91 bits per heavy atom. The molecule has 7 nitrogen and oxygen atoms in total. The maximum absolute atomic E-state index is 12.8. The molecule has 2 aliphatic heterocycles. The fourth-order valence-electron chi connectivity index (χ4n) is 4.23. The lowest BCUT2D eigenvalue weighted by Gasteiger charge is -2.27. The molecule has 5 rings (SSSR count). The third-order valence-electron chi connectivity index (χ3n) is 5.87. The van der Waals surface area contributed by atoms with Crippen molar-refractivity contribution < 1.29 is 18.9 Å². The maximum Gasteiger partial charge on any atom is 0.254 e. The van der Waals surface area contributed by atoms with Gasteiger partial charge in [-0.3, -0.25) is 9.78 Å². The van der Waals surface area contributed by atoms with Crippen molar-refractivity contribution in [3.63, 3.8) is 0 Å². The highest BCUT2D eigenvalue weighted by atomic mass is 16.6. The fourth-order valence-corrected chi connectivity index (χ4v) is 4.23. The Labute approximate surface area is 186 Å². The highest BCUT2D eigenvalue weighted by molar-refractivity contribution is 5.71. The number of rotatable bonds is 6. The van der Waals surface area contributed by atoms with E-state index < -0.39 is 0 Å². The van der Waals surface area contributed by atoms with Crippen LogP contribution < -0.4 is 15.0 Å². The van der Waals surface area contributed by atoms with Crippen LogP contribution in [0.25, 0.3) is 11.3 Å². The van der Waals surface area contributed by atoms with Gasteiger partial charge in [0.2, 0.25) is 0 Å². The SMILES string of the molecule is Cc1c(OCC2COCCO2)cc(=O)n2c1-c1ccc(OCc3ccccn3)cc1CC2. The van der Waals surface area contributed by atoms with Crippen molar-refractivity contribution in [2.45, 2.75) is 32.6 Å². The Morgan fingerprint density at radius 2 is 2.09 bits per heavy atom. The van der Waals surface area contributed by atoms with Crippen molar-refractivity contribution in [3.8, 4) is 22.8 Å². The number of ether oxygens (including phenoxy) is 4. The molecule has 4 heterocycles. The second-order valence-electron chi connectivity index (χ2n) is 8.03. The van der Waals surface area contributed by atoms with Crippen LogP contribution >= 0.6 is 0 Å². The van der Waals surface area contributed by atoms with Gasteiger partial charge in [-0.05, 0) is 49.2 Å². The molecule has 2 aliphatic rings. The van der Waals surface area contributed by atoms with E-state index in [1.807, 2.05) is 41.8 Å². The number of benzene rings is 1. The summed E-state index contributed by atoms with van der Waals surface area (Å²) in [5.74, 6) is 1.39. The first-order valence-corrected chi connectivity index (χ1v) is 10.9. The molecule has 0 spiro atoms. The second kappa shape index (κ2) is 9.14. The number of hydrogen-bond acceptors (Lipinski definition) is 6. The number of nitrogens with zero attached hydrogens (tertiary/aromatic N) is 2. The lowest BCUT2D eigenvalue weighted by atomic mass is 9.94. The number of pyridine rings is 2. The number of hydrogen-bond donors (Lipinski definition) is 0. The zero-order valence-electron chi connectivity index (χ0n) is 18.1. The van der Waals surface area contributed by atoms with Crippen LogP contribution in [0, 0.1) is 6.92 Å². The molecule has 0 radical (unpaired) electrons. The van der Waals surface area contributed by atoms with E-state index in [4.69, 9.17) is 18.9 Å². The molecule has 0 N–H and O–H groups in total. The summed E-state index contributed by atoms with van der Waals surface area (Å²) >= 11 is 0. The molecule has 1 saturated heterocycles. The van der Waals surface area contributed by atoms with Gasteiger partial charge < -0.3 is 23.5 Å². The summed E-state index contributed by atoms with van der Waals surface area (Å²) in [6.45, 7) is 5.09.